The summed E-state index contributed by atoms with van der Waals surface area (Å²) in [5.74, 6) is -0.751. The molecule has 2 atom stereocenters. The molecule has 2 amide bonds. The minimum atomic E-state index is -0.575. The van der Waals surface area contributed by atoms with Crippen LogP contribution in [0.1, 0.15) is 26.7 Å². The third-order valence-corrected chi connectivity index (χ3v) is 4.08. The number of hydrogen-bond donors (Lipinski definition) is 1. The number of amides is 2. The lowest BCUT2D eigenvalue weighted by Gasteiger charge is -2.21. The Hall–Kier alpha value is -1.43. The van der Waals surface area contributed by atoms with Crippen molar-refractivity contribution in [2.24, 2.45) is 0 Å². The van der Waals surface area contributed by atoms with Gasteiger partial charge >= 0.3 is 0 Å². The molecule has 2 rings (SSSR count). The zero-order valence-corrected chi connectivity index (χ0v) is 12.9. The summed E-state index contributed by atoms with van der Waals surface area (Å²) in [4.78, 5) is 25.4. The van der Waals surface area contributed by atoms with Gasteiger partial charge in [-0.05, 0) is 47.5 Å². The van der Waals surface area contributed by atoms with Gasteiger partial charge in [-0.15, -0.1) is 0 Å². The van der Waals surface area contributed by atoms with Crippen molar-refractivity contribution in [2.45, 2.75) is 38.8 Å². The van der Waals surface area contributed by atoms with Crippen molar-refractivity contribution < 1.29 is 14.0 Å². The quantitative estimate of drug-likeness (QED) is 0.856. The average Bonchev–Trinajstić information content (AvgIpc) is 2.68. The SMILES string of the molecule is CCC(C)N1C(=O)CC(Nc2ccc(F)c(Br)c2)C1=O. The molecule has 1 heterocycles. The Bertz CT molecular complexity index is 550. The number of nitrogens with one attached hydrogen (secondary N) is 1. The number of hydrogen-bond acceptors (Lipinski definition) is 3. The maximum atomic E-state index is 13.2. The number of benzene rings is 1. The Morgan fingerprint density at radius 3 is 2.80 bits per heavy atom. The second-order valence-corrected chi connectivity index (χ2v) is 5.74. The fraction of sp³-hybridized carbons (Fsp3) is 0.429. The van der Waals surface area contributed by atoms with Crippen LogP contribution in [0.3, 0.4) is 0 Å². The smallest absolute Gasteiger partial charge is 0.252 e. The second kappa shape index (κ2) is 5.91. The number of likely N-dealkylation sites (tertiary alicyclic amines) is 1. The molecule has 1 saturated heterocycles. The highest BCUT2D eigenvalue weighted by atomic mass is 79.9. The molecule has 20 heavy (non-hydrogen) atoms. The van der Waals surface area contributed by atoms with Gasteiger partial charge in [0, 0.05) is 11.7 Å². The molecule has 2 unspecified atom stereocenters. The summed E-state index contributed by atoms with van der Waals surface area (Å²) in [6.07, 6.45) is 0.866. The highest BCUT2D eigenvalue weighted by molar-refractivity contribution is 9.10. The molecule has 1 aromatic rings. The highest BCUT2D eigenvalue weighted by Gasteiger charge is 2.40. The topological polar surface area (TPSA) is 49.4 Å². The van der Waals surface area contributed by atoms with Crippen LogP contribution in [0, 0.1) is 5.82 Å². The molecule has 0 aliphatic carbocycles. The number of nitrogens with zero attached hydrogens (tertiary/aromatic N) is 1. The van der Waals surface area contributed by atoms with Crippen molar-refractivity contribution >= 4 is 33.4 Å². The number of carbonyl (C=O) groups is 2. The van der Waals surface area contributed by atoms with Crippen molar-refractivity contribution in [1.82, 2.24) is 4.90 Å². The van der Waals surface area contributed by atoms with Gasteiger partial charge < -0.3 is 5.32 Å². The van der Waals surface area contributed by atoms with Crippen molar-refractivity contribution in [3.05, 3.63) is 28.5 Å². The molecule has 0 bridgehead atoms. The number of halogens is 2. The Balaban J connectivity index is 2.13. The van der Waals surface area contributed by atoms with Gasteiger partial charge in [0.1, 0.15) is 11.9 Å². The Morgan fingerprint density at radius 2 is 2.20 bits per heavy atom. The van der Waals surface area contributed by atoms with Crippen LogP contribution < -0.4 is 5.32 Å². The monoisotopic (exact) mass is 342 g/mol. The lowest BCUT2D eigenvalue weighted by atomic mass is 10.2. The first-order valence-electron chi connectivity index (χ1n) is 6.51. The molecular weight excluding hydrogens is 327 g/mol. The number of carbonyl (C=O) groups excluding carboxylic acids is 2. The molecule has 4 nitrogen and oxygen atoms in total. The van der Waals surface area contributed by atoms with Gasteiger partial charge in [-0.25, -0.2) is 4.39 Å². The molecule has 0 spiro atoms. The molecule has 1 aliphatic heterocycles. The maximum Gasteiger partial charge on any atom is 0.252 e. The van der Waals surface area contributed by atoms with Crippen LogP contribution in [0.4, 0.5) is 10.1 Å². The highest BCUT2D eigenvalue weighted by Crippen LogP contribution is 2.24. The maximum absolute atomic E-state index is 13.2. The van der Waals surface area contributed by atoms with Gasteiger partial charge in [0.15, 0.2) is 0 Å². The summed E-state index contributed by atoms with van der Waals surface area (Å²) in [6.45, 7) is 3.79. The molecule has 1 N–H and O–H groups in total. The average molecular weight is 343 g/mol. The fourth-order valence-corrected chi connectivity index (χ4v) is 2.58. The minimum absolute atomic E-state index is 0.0956. The Morgan fingerprint density at radius 1 is 1.50 bits per heavy atom. The summed E-state index contributed by atoms with van der Waals surface area (Å²) < 4.78 is 13.5. The fourth-order valence-electron chi connectivity index (χ4n) is 2.20. The molecule has 0 aromatic heterocycles. The van der Waals surface area contributed by atoms with Gasteiger partial charge in [0.25, 0.3) is 5.91 Å². The van der Waals surface area contributed by atoms with E-state index in [9.17, 15) is 14.0 Å². The molecular formula is C14H16BrFN2O2. The second-order valence-electron chi connectivity index (χ2n) is 4.89. The normalized spacial score (nSPS) is 20.4. The molecule has 1 aromatic carbocycles. The van der Waals surface area contributed by atoms with Crippen LogP contribution in [0.5, 0.6) is 0 Å². The number of rotatable bonds is 4. The molecule has 0 saturated carbocycles. The number of anilines is 1. The van der Waals surface area contributed by atoms with Gasteiger partial charge in [-0.3, -0.25) is 14.5 Å². The first-order chi connectivity index (χ1) is 9.43. The van der Waals surface area contributed by atoms with Crippen LogP contribution >= 0.6 is 15.9 Å². The van der Waals surface area contributed by atoms with Crippen LogP contribution in [-0.2, 0) is 9.59 Å². The molecule has 1 fully saturated rings. The standard InChI is InChI=1S/C14H16BrFN2O2/c1-3-8(2)18-13(19)7-12(14(18)20)17-9-4-5-11(16)10(15)6-9/h4-6,8,12,17H,3,7H2,1-2H3. The van der Waals surface area contributed by atoms with E-state index in [1.54, 1.807) is 12.1 Å². The molecule has 0 radical (unpaired) electrons. The lowest BCUT2D eigenvalue weighted by Crippen LogP contribution is -2.40. The van der Waals surface area contributed by atoms with Crippen molar-refractivity contribution in [3.63, 3.8) is 0 Å². The van der Waals surface area contributed by atoms with Crippen LogP contribution in [0.2, 0.25) is 0 Å². The van der Waals surface area contributed by atoms with E-state index < -0.39 is 6.04 Å². The Kier molecular flexibility index (Phi) is 4.42. The van der Waals surface area contributed by atoms with E-state index in [1.165, 1.54) is 11.0 Å². The predicted molar refractivity (Wildman–Crippen MR) is 77.7 cm³/mol. The van der Waals surface area contributed by atoms with Gasteiger partial charge in [0.2, 0.25) is 5.91 Å². The third kappa shape index (κ3) is 2.85. The summed E-state index contributed by atoms with van der Waals surface area (Å²) in [6, 6.07) is 3.73. The van der Waals surface area contributed by atoms with Gasteiger partial charge in [0.05, 0.1) is 10.9 Å². The molecule has 108 valence electrons. The van der Waals surface area contributed by atoms with Gasteiger partial charge in [-0.1, -0.05) is 6.92 Å². The zero-order valence-electron chi connectivity index (χ0n) is 11.3. The van der Waals surface area contributed by atoms with E-state index in [0.29, 0.717) is 10.2 Å². The van der Waals surface area contributed by atoms with E-state index in [-0.39, 0.29) is 30.1 Å². The minimum Gasteiger partial charge on any atom is -0.373 e. The van der Waals surface area contributed by atoms with Crippen LogP contribution in [-0.4, -0.2) is 28.8 Å². The summed E-state index contributed by atoms with van der Waals surface area (Å²) in [5, 5.41) is 2.99. The van der Waals surface area contributed by atoms with Crippen molar-refractivity contribution in [1.29, 1.82) is 0 Å². The van der Waals surface area contributed by atoms with E-state index in [4.69, 9.17) is 0 Å². The Labute approximate surface area is 125 Å². The van der Waals surface area contributed by atoms with Crippen LogP contribution in [0.25, 0.3) is 0 Å². The van der Waals surface area contributed by atoms with Crippen molar-refractivity contribution in [2.75, 3.05) is 5.32 Å². The van der Waals surface area contributed by atoms with Gasteiger partial charge in [-0.2, -0.15) is 0 Å². The predicted octanol–water partition coefficient (Wildman–Crippen LogP) is 2.93. The summed E-state index contributed by atoms with van der Waals surface area (Å²) in [7, 11) is 0. The van der Waals surface area contributed by atoms with E-state index in [0.717, 1.165) is 6.42 Å². The third-order valence-electron chi connectivity index (χ3n) is 3.48. The zero-order chi connectivity index (χ0) is 14.9. The van der Waals surface area contributed by atoms with E-state index in [1.807, 2.05) is 13.8 Å². The van der Waals surface area contributed by atoms with Crippen molar-refractivity contribution in [3.8, 4) is 0 Å². The molecule has 1 aliphatic rings. The number of imide groups is 1. The lowest BCUT2D eigenvalue weighted by molar-refractivity contribution is -0.140. The summed E-state index contributed by atoms with van der Waals surface area (Å²) >= 11 is 3.09. The first-order valence-corrected chi connectivity index (χ1v) is 7.30. The summed E-state index contributed by atoms with van der Waals surface area (Å²) in [5.41, 5.74) is 0.607. The largest absolute Gasteiger partial charge is 0.373 e. The molecule has 6 heteroatoms. The first kappa shape index (κ1) is 15.0. The van der Waals surface area contributed by atoms with E-state index in [2.05, 4.69) is 21.2 Å². The van der Waals surface area contributed by atoms with E-state index >= 15 is 0 Å². The van der Waals surface area contributed by atoms with Crippen LogP contribution in [0.15, 0.2) is 22.7 Å².